The van der Waals surface area contributed by atoms with Crippen LogP contribution < -0.4 is 9.47 Å². The lowest BCUT2D eigenvalue weighted by molar-refractivity contribution is -0.111. The molecule has 0 unspecified atom stereocenters. The van der Waals surface area contributed by atoms with E-state index in [1.54, 1.807) is 12.1 Å². The molecule has 0 aromatic heterocycles. The molecule has 1 aliphatic heterocycles. The van der Waals surface area contributed by atoms with E-state index in [4.69, 9.17) is 9.47 Å². The Morgan fingerprint density at radius 1 is 1.18 bits per heavy atom. The highest BCUT2D eigenvalue weighted by Crippen LogP contribution is 2.42. The summed E-state index contributed by atoms with van der Waals surface area (Å²) in [7, 11) is 0. The number of aliphatic hydroxyl groups excluding tert-OH is 1. The van der Waals surface area contributed by atoms with Gasteiger partial charge in [-0.3, -0.25) is 9.59 Å². The molecule has 0 amide bonds. The summed E-state index contributed by atoms with van der Waals surface area (Å²) in [6.07, 6.45) is 0. The highest BCUT2D eigenvalue weighted by Gasteiger charge is 2.36. The first-order valence-corrected chi connectivity index (χ1v) is 5.03. The van der Waals surface area contributed by atoms with Crippen LogP contribution in [0.15, 0.2) is 17.7 Å². The van der Waals surface area contributed by atoms with Crippen LogP contribution in [0.3, 0.4) is 0 Å². The number of rotatable bonds is 0. The molecular weight excluding hydrogens is 224 g/mol. The topological polar surface area (TPSA) is 72.8 Å². The van der Waals surface area contributed by atoms with Gasteiger partial charge in [0.05, 0.1) is 5.56 Å². The van der Waals surface area contributed by atoms with Crippen LogP contribution in [0.4, 0.5) is 0 Å². The fourth-order valence-corrected chi connectivity index (χ4v) is 1.99. The SMILES string of the molecule is CC1=C(O)c2ccc3c(c2C(=O)C1=O)OCO3. The molecule has 0 spiro atoms. The molecule has 17 heavy (non-hydrogen) atoms. The van der Waals surface area contributed by atoms with E-state index >= 15 is 0 Å². The number of ketones is 2. The quantitative estimate of drug-likeness (QED) is 0.685. The summed E-state index contributed by atoms with van der Waals surface area (Å²) in [6, 6.07) is 3.15. The van der Waals surface area contributed by atoms with Crippen LogP contribution in [0.1, 0.15) is 22.8 Å². The molecule has 1 heterocycles. The highest BCUT2D eigenvalue weighted by atomic mass is 16.7. The van der Waals surface area contributed by atoms with Crippen molar-refractivity contribution >= 4 is 17.3 Å². The van der Waals surface area contributed by atoms with Crippen molar-refractivity contribution in [2.45, 2.75) is 6.92 Å². The minimum Gasteiger partial charge on any atom is -0.507 e. The van der Waals surface area contributed by atoms with Crippen LogP contribution in [0.2, 0.25) is 0 Å². The summed E-state index contributed by atoms with van der Waals surface area (Å²) in [4.78, 5) is 23.5. The van der Waals surface area contributed by atoms with Crippen LogP contribution in [0.25, 0.3) is 5.76 Å². The first-order valence-electron chi connectivity index (χ1n) is 5.03. The molecular formula is C12H8O5. The Morgan fingerprint density at radius 2 is 1.94 bits per heavy atom. The van der Waals surface area contributed by atoms with Gasteiger partial charge in [-0.15, -0.1) is 0 Å². The van der Waals surface area contributed by atoms with Crippen molar-refractivity contribution < 1.29 is 24.2 Å². The van der Waals surface area contributed by atoms with E-state index in [-0.39, 0.29) is 29.4 Å². The smallest absolute Gasteiger partial charge is 0.237 e. The second-order valence-corrected chi connectivity index (χ2v) is 3.85. The second kappa shape index (κ2) is 3.10. The Bertz CT molecular complexity index is 597. The van der Waals surface area contributed by atoms with Gasteiger partial charge < -0.3 is 14.6 Å². The minimum atomic E-state index is -0.709. The van der Waals surface area contributed by atoms with Gasteiger partial charge in [-0.2, -0.15) is 0 Å². The fraction of sp³-hybridized carbons (Fsp3) is 0.167. The fourth-order valence-electron chi connectivity index (χ4n) is 1.99. The van der Waals surface area contributed by atoms with E-state index in [1.807, 2.05) is 0 Å². The molecule has 1 aromatic carbocycles. The Kier molecular flexibility index (Phi) is 1.80. The molecule has 1 N–H and O–H groups in total. The van der Waals surface area contributed by atoms with Crippen molar-refractivity contribution in [2.75, 3.05) is 6.79 Å². The predicted molar refractivity (Wildman–Crippen MR) is 57.1 cm³/mol. The van der Waals surface area contributed by atoms with Crippen molar-refractivity contribution in [1.82, 2.24) is 0 Å². The van der Waals surface area contributed by atoms with Crippen molar-refractivity contribution in [3.63, 3.8) is 0 Å². The summed E-state index contributed by atoms with van der Waals surface area (Å²) in [6.45, 7) is 1.43. The number of carbonyl (C=O) groups is 2. The molecule has 0 saturated heterocycles. The number of ether oxygens (including phenoxy) is 2. The third kappa shape index (κ3) is 1.13. The summed E-state index contributed by atoms with van der Waals surface area (Å²) < 4.78 is 10.3. The van der Waals surface area contributed by atoms with Crippen molar-refractivity contribution in [1.29, 1.82) is 0 Å². The van der Waals surface area contributed by atoms with Crippen LogP contribution >= 0.6 is 0 Å². The number of benzene rings is 1. The number of hydrogen-bond donors (Lipinski definition) is 1. The van der Waals surface area contributed by atoms with E-state index in [1.165, 1.54) is 6.92 Å². The molecule has 0 atom stereocenters. The standard InChI is InChI=1S/C12H8O5/c1-5-9(13)6-2-3-7-12(17-4-16-7)8(6)11(15)10(5)14/h2-3,13H,4H2,1H3. The van der Waals surface area contributed by atoms with E-state index in [2.05, 4.69) is 0 Å². The predicted octanol–water partition coefficient (Wildman–Crippen LogP) is 1.47. The molecule has 0 saturated carbocycles. The van der Waals surface area contributed by atoms with Gasteiger partial charge >= 0.3 is 0 Å². The van der Waals surface area contributed by atoms with Gasteiger partial charge in [0, 0.05) is 11.1 Å². The van der Waals surface area contributed by atoms with Gasteiger partial charge in [0.15, 0.2) is 11.5 Å². The average molecular weight is 232 g/mol. The van der Waals surface area contributed by atoms with Gasteiger partial charge in [-0.25, -0.2) is 0 Å². The van der Waals surface area contributed by atoms with Gasteiger partial charge in [-0.1, -0.05) is 0 Å². The summed E-state index contributed by atoms with van der Waals surface area (Å²) in [5.41, 5.74) is 0.464. The first-order chi connectivity index (χ1) is 8.11. The monoisotopic (exact) mass is 232 g/mol. The van der Waals surface area contributed by atoms with E-state index in [9.17, 15) is 14.7 Å². The zero-order chi connectivity index (χ0) is 12.2. The minimum absolute atomic E-state index is 0.0106. The largest absolute Gasteiger partial charge is 0.507 e. The van der Waals surface area contributed by atoms with Gasteiger partial charge in [0.2, 0.25) is 18.4 Å². The third-order valence-electron chi connectivity index (χ3n) is 2.92. The average Bonchev–Trinajstić information content (AvgIpc) is 2.80. The Hall–Kier alpha value is -2.30. The van der Waals surface area contributed by atoms with Crippen LogP contribution in [0.5, 0.6) is 11.5 Å². The van der Waals surface area contributed by atoms with Crippen molar-refractivity contribution in [2.24, 2.45) is 0 Å². The van der Waals surface area contributed by atoms with Gasteiger partial charge in [0.1, 0.15) is 5.76 Å². The van der Waals surface area contributed by atoms with Crippen LogP contribution in [-0.4, -0.2) is 23.5 Å². The maximum atomic E-state index is 11.9. The number of hydrogen-bond acceptors (Lipinski definition) is 5. The van der Waals surface area contributed by atoms with Crippen molar-refractivity contribution in [3.05, 3.63) is 28.8 Å². The number of fused-ring (bicyclic) bond motifs is 3. The molecule has 3 rings (SSSR count). The Labute approximate surface area is 96.3 Å². The van der Waals surface area contributed by atoms with E-state index < -0.39 is 11.6 Å². The van der Waals surface area contributed by atoms with E-state index in [0.717, 1.165) is 0 Å². The van der Waals surface area contributed by atoms with Crippen LogP contribution in [0, 0.1) is 0 Å². The Balaban J connectivity index is 2.36. The molecule has 0 radical (unpaired) electrons. The van der Waals surface area contributed by atoms with Gasteiger partial charge in [0.25, 0.3) is 0 Å². The molecule has 2 aliphatic rings. The molecule has 5 nitrogen and oxygen atoms in total. The number of aliphatic hydroxyl groups is 1. The maximum Gasteiger partial charge on any atom is 0.237 e. The highest BCUT2D eigenvalue weighted by molar-refractivity contribution is 6.52. The summed E-state index contributed by atoms with van der Waals surface area (Å²) >= 11 is 0. The maximum absolute atomic E-state index is 11.9. The normalized spacial score (nSPS) is 17.5. The lowest BCUT2D eigenvalue weighted by atomic mass is 9.88. The van der Waals surface area contributed by atoms with Gasteiger partial charge in [-0.05, 0) is 19.1 Å². The number of carbonyl (C=O) groups excluding carboxylic acids is 2. The Morgan fingerprint density at radius 3 is 2.71 bits per heavy atom. The summed E-state index contributed by atoms with van der Waals surface area (Å²) in [5.74, 6) is -0.906. The van der Waals surface area contributed by atoms with E-state index in [0.29, 0.717) is 11.3 Å². The lowest BCUT2D eigenvalue weighted by Crippen LogP contribution is -2.23. The molecule has 0 bridgehead atoms. The third-order valence-corrected chi connectivity index (χ3v) is 2.92. The molecule has 5 heteroatoms. The number of allylic oxidation sites excluding steroid dienone is 1. The molecule has 86 valence electrons. The first kappa shape index (κ1) is 9.89. The summed E-state index contributed by atoms with van der Waals surface area (Å²) in [5, 5.41) is 9.86. The van der Waals surface area contributed by atoms with Crippen molar-refractivity contribution in [3.8, 4) is 11.5 Å². The zero-order valence-electron chi connectivity index (χ0n) is 8.94. The molecule has 1 aromatic rings. The molecule has 1 aliphatic carbocycles. The lowest BCUT2D eigenvalue weighted by Gasteiger charge is -2.16. The molecule has 0 fully saturated rings. The van der Waals surface area contributed by atoms with Crippen LogP contribution in [-0.2, 0) is 4.79 Å². The zero-order valence-corrected chi connectivity index (χ0v) is 8.94. The number of Topliss-reactive ketones (excluding diaryl/α,β-unsaturated/α-hetero) is 2. The second-order valence-electron chi connectivity index (χ2n) is 3.85.